The van der Waals surface area contributed by atoms with Crippen molar-refractivity contribution in [1.82, 2.24) is 20.5 Å². The van der Waals surface area contributed by atoms with E-state index < -0.39 is 6.10 Å². The first kappa shape index (κ1) is 14.6. The van der Waals surface area contributed by atoms with Crippen LogP contribution in [0.25, 0.3) is 0 Å². The van der Waals surface area contributed by atoms with Gasteiger partial charge in [0, 0.05) is 13.0 Å². The normalized spacial score (nSPS) is 12.7. The van der Waals surface area contributed by atoms with Crippen LogP contribution in [0.1, 0.15) is 50.1 Å². The lowest BCUT2D eigenvalue weighted by Crippen LogP contribution is -2.36. The van der Waals surface area contributed by atoms with E-state index in [-0.39, 0.29) is 24.2 Å². The second kappa shape index (κ2) is 7.10. The molecule has 1 amide bonds. The Labute approximate surface area is 107 Å². The molecule has 0 aromatic carbocycles. The Morgan fingerprint density at radius 1 is 1.39 bits per heavy atom. The van der Waals surface area contributed by atoms with Gasteiger partial charge in [-0.3, -0.25) is 9.89 Å². The van der Waals surface area contributed by atoms with E-state index in [1.54, 1.807) is 0 Å². The number of aliphatic hydroxyl groups is 1. The minimum absolute atomic E-state index is 0.128. The minimum atomic E-state index is -0.520. The number of rotatable bonds is 7. The van der Waals surface area contributed by atoms with Crippen molar-refractivity contribution in [2.45, 2.75) is 46.1 Å². The monoisotopic (exact) mass is 254 g/mol. The van der Waals surface area contributed by atoms with Crippen molar-refractivity contribution in [3.8, 4) is 0 Å². The van der Waals surface area contributed by atoms with Crippen molar-refractivity contribution in [3.63, 3.8) is 0 Å². The number of hydrogen-bond acceptors (Lipinski definition) is 4. The number of aryl methyl sites for hydroxylation is 1. The Morgan fingerprint density at radius 2 is 2.06 bits per heavy atom. The van der Waals surface area contributed by atoms with Crippen LogP contribution in [0.2, 0.25) is 0 Å². The maximum Gasteiger partial charge on any atom is 0.291 e. The molecule has 0 saturated heterocycles. The Morgan fingerprint density at radius 3 is 2.56 bits per heavy atom. The van der Waals surface area contributed by atoms with Crippen LogP contribution in [0.15, 0.2) is 0 Å². The molecule has 0 bridgehead atoms. The summed E-state index contributed by atoms with van der Waals surface area (Å²) in [5.74, 6) is 0.670. The molecule has 102 valence electrons. The lowest BCUT2D eigenvalue weighted by atomic mass is 9.96. The lowest BCUT2D eigenvalue weighted by molar-refractivity contribution is 0.0809. The lowest BCUT2D eigenvalue weighted by Gasteiger charge is -2.19. The molecule has 1 heterocycles. The summed E-state index contributed by atoms with van der Waals surface area (Å²) in [4.78, 5) is 15.7. The summed E-state index contributed by atoms with van der Waals surface area (Å²) in [7, 11) is 0. The van der Waals surface area contributed by atoms with Crippen LogP contribution in [0, 0.1) is 5.92 Å². The third-order valence-corrected chi connectivity index (χ3v) is 3.13. The minimum Gasteiger partial charge on any atom is -0.391 e. The summed E-state index contributed by atoms with van der Waals surface area (Å²) in [6, 6.07) is 0. The van der Waals surface area contributed by atoms with Gasteiger partial charge in [-0.1, -0.05) is 33.6 Å². The van der Waals surface area contributed by atoms with Gasteiger partial charge in [-0.2, -0.15) is 0 Å². The molecule has 0 radical (unpaired) electrons. The topological polar surface area (TPSA) is 90.9 Å². The summed E-state index contributed by atoms with van der Waals surface area (Å²) in [5, 5.41) is 19.0. The molecule has 1 aromatic rings. The summed E-state index contributed by atoms with van der Waals surface area (Å²) in [5.41, 5.74) is 0. The van der Waals surface area contributed by atoms with Gasteiger partial charge in [0.1, 0.15) is 5.82 Å². The van der Waals surface area contributed by atoms with Crippen LogP contribution in [0.3, 0.4) is 0 Å². The quantitative estimate of drug-likeness (QED) is 0.674. The number of carbonyl (C=O) groups excluding carboxylic acids is 1. The van der Waals surface area contributed by atoms with E-state index in [9.17, 15) is 9.90 Å². The third kappa shape index (κ3) is 3.80. The zero-order valence-electron chi connectivity index (χ0n) is 11.2. The first-order valence-corrected chi connectivity index (χ1v) is 6.49. The van der Waals surface area contributed by atoms with Gasteiger partial charge in [0.05, 0.1) is 6.10 Å². The fraction of sp³-hybridized carbons (Fsp3) is 0.750. The van der Waals surface area contributed by atoms with E-state index in [4.69, 9.17) is 0 Å². The predicted octanol–water partition coefficient (Wildman–Crippen LogP) is 0.894. The van der Waals surface area contributed by atoms with Crippen molar-refractivity contribution in [2.24, 2.45) is 5.92 Å². The fourth-order valence-corrected chi connectivity index (χ4v) is 1.83. The number of amides is 1. The van der Waals surface area contributed by atoms with Crippen molar-refractivity contribution in [3.05, 3.63) is 11.6 Å². The third-order valence-electron chi connectivity index (χ3n) is 3.13. The smallest absolute Gasteiger partial charge is 0.291 e. The zero-order chi connectivity index (χ0) is 13.5. The summed E-state index contributed by atoms with van der Waals surface area (Å²) in [6.07, 6.45) is 1.98. The fourth-order valence-electron chi connectivity index (χ4n) is 1.83. The number of aromatic nitrogens is 3. The van der Waals surface area contributed by atoms with Gasteiger partial charge in [-0.05, 0) is 5.92 Å². The molecule has 0 fully saturated rings. The van der Waals surface area contributed by atoms with E-state index in [2.05, 4.69) is 20.5 Å². The Balaban J connectivity index is 2.45. The SMILES string of the molecule is CCc1nc(C(=O)NCC(O)C(CC)CC)n[nH]1. The number of aromatic amines is 1. The average molecular weight is 254 g/mol. The first-order chi connectivity index (χ1) is 8.62. The molecule has 1 atom stereocenters. The number of carbonyl (C=O) groups is 1. The largest absolute Gasteiger partial charge is 0.391 e. The number of nitrogens with one attached hydrogen (secondary N) is 2. The van der Waals surface area contributed by atoms with Crippen molar-refractivity contribution >= 4 is 5.91 Å². The number of H-pyrrole nitrogens is 1. The molecule has 1 unspecified atom stereocenters. The second-order valence-corrected chi connectivity index (χ2v) is 4.31. The molecule has 6 heteroatoms. The van der Waals surface area contributed by atoms with Gasteiger partial charge in [0.15, 0.2) is 0 Å². The van der Waals surface area contributed by atoms with Crippen molar-refractivity contribution in [2.75, 3.05) is 6.54 Å². The van der Waals surface area contributed by atoms with Crippen LogP contribution < -0.4 is 5.32 Å². The highest BCUT2D eigenvalue weighted by molar-refractivity contribution is 5.90. The van der Waals surface area contributed by atoms with E-state index in [0.717, 1.165) is 12.8 Å². The van der Waals surface area contributed by atoms with Crippen molar-refractivity contribution in [1.29, 1.82) is 0 Å². The highest BCUT2D eigenvalue weighted by Crippen LogP contribution is 2.12. The van der Waals surface area contributed by atoms with Gasteiger partial charge in [-0.25, -0.2) is 4.98 Å². The van der Waals surface area contributed by atoms with Crippen molar-refractivity contribution < 1.29 is 9.90 Å². The second-order valence-electron chi connectivity index (χ2n) is 4.31. The van der Waals surface area contributed by atoms with Crippen LogP contribution >= 0.6 is 0 Å². The maximum absolute atomic E-state index is 11.7. The first-order valence-electron chi connectivity index (χ1n) is 6.49. The molecule has 0 spiro atoms. The van der Waals surface area contributed by atoms with Gasteiger partial charge < -0.3 is 10.4 Å². The van der Waals surface area contributed by atoms with Crippen LogP contribution in [0.4, 0.5) is 0 Å². The molecule has 0 saturated carbocycles. The van der Waals surface area contributed by atoms with Crippen LogP contribution in [0.5, 0.6) is 0 Å². The average Bonchev–Trinajstić information content (AvgIpc) is 2.86. The molecular weight excluding hydrogens is 232 g/mol. The zero-order valence-corrected chi connectivity index (χ0v) is 11.2. The summed E-state index contributed by atoms with van der Waals surface area (Å²) < 4.78 is 0. The molecule has 1 aromatic heterocycles. The van der Waals surface area contributed by atoms with Gasteiger partial charge in [-0.15, -0.1) is 5.10 Å². The highest BCUT2D eigenvalue weighted by Gasteiger charge is 2.18. The molecule has 3 N–H and O–H groups in total. The maximum atomic E-state index is 11.7. The van der Waals surface area contributed by atoms with E-state index in [1.165, 1.54) is 0 Å². The van der Waals surface area contributed by atoms with Gasteiger partial charge in [0.25, 0.3) is 5.91 Å². The molecule has 0 aliphatic rings. The molecule has 6 nitrogen and oxygen atoms in total. The standard InChI is InChI=1S/C12H22N4O2/c1-4-8(5-2)9(17)7-13-12(18)11-14-10(6-3)15-16-11/h8-9,17H,4-7H2,1-3H3,(H,13,18)(H,14,15,16). The summed E-state index contributed by atoms with van der Waals surface area (Å²) in [6.45, 7) is 6.23. The van der Waals surface area contributed by atoms with E-state index in [1.807, 2.05) is 20.8 Å². The van der Waals surface area contributed by atoms with Crippen LogP contribution in [-0.2, 0) is 6.42 Å². The number of aliphatic hydroxyl groups excluding tert-OH is 1. The Hall–Kier alpha value is -1.43. The van der Waals surface area contributed by atoms with Gasteiger partial charge in [0.2, 0.25) is 5.82 Å². The molecule has 1 rings (SSSR count). The van der Waals surface area contributed by atoms with Gasteiger partial charge >= 0.3 is 0 Å². The number of hydrogen-bond donors (Lipinski definition) is 3. The summed E-state index contributed by atoms with van der Waals surface area (Å²) >= 11 is 0. The number of nitrogens with zero attached hydrogens (tertiary/aromatic N) is 2. The Kier molecular flexibility index (Phi) is 5.77. The van der Waals surface area contributed by atoms with Crippen LogP contribution in [-0.4, -0.2) is 38.8 Å². The molecule has 0 aliphatic heterocycles. The van der Waals surface area contributed by atoms with E-state index >= 15 is 0 Å². The molecule has 0 aliphatic carbocycles. The Bertz CT molecular complexity index is 374. The highest BCUT2D eigenvalue weighted by atomic mass is 16.3. The van der Waals surface area contributed by atoms with E-state index in [0.29, 0.717) is 12.2 Å². The predicted molar refractivity (Wildman–Crippen MR) is 68.2 cm³/mol. The molecular formula is C12H22N4O2. The molecule has 18 heavy (non-hydrogen) atoms.